The first kappa shape index (κ1) is 20.1. The lowest BCUT2D eigenvalue weighted by molar-refractivity contribution is -0.0386. The first-order valence-electron chi connectivity index (χ1n) is 10.3. The molecule has 1 aliphatic heterocycles. The first-order valence-corrected chi connectivity index (χ1v) is 10.7. The van der Waals surface area contributed by atoms with E-state index in [-0.39, 0.29) is 5.54 Å². The standard InChI is InChI=1S/C22H35ClN2O/c1-4-5-6-18-17-22(24(2)3,19-7-9-20(23)10-8-19)12-11-21(18)25-13-15-26-16-14-25/h7-10,18,21H,4-6,11-17H2,1-3H3. The van der Waals surface area contributed by atoms with Crippen molar-refractivity contribution >= 4 is 11.6 Å². The molecule has 1 aromatic rings. The van der Waals surface area contributed by atoms with Crippen molar-refractivity contribution in [2.75, 3.05) is 40.4 Å². The van der Waals surface area contributed by atoms with Crippen molar-refractivity contribution in [3.8, 4) is 0 Å². The van der Waals surface area contributed by atoms with Crippen LogP contribution in [0.4, 0.5) is 0 Å². The van der Waals surface area contributed by atoms with Gasteiger partial charge in [-0.15, -0.1) is 0 Å². The zero-order chi connectivity index (χ0) is 18.6. The molecule has 0 radical (unpaired) electrons. The molecule has 26 heavy (non-hydrogen) atoms. The Kier molecular flexibility index (Phi) is 7.01. The number of halogens is 1. The van der Waals surface area contributed by atoms with Gasteiger partial charge in [-0.05, 0) is 63.4 Å². The SMILES string of the molecule is CCCCC1CC(c2ccc(Cl)cc2)(N(C)C)CCC1N1CCOCC1. The molecule has 1 heterocycles. The number of ether oxygens (including phenoxy) is 1. The van der Waals surface area contributed by atoms with Gasteiger partial charge in [0, 0.05) is 29.7 Å². The molecule has 4 heteroatoms. The Morgan fingerprint density at radius 2 is 1.88 bits per heavy atom. The predicted octanol–water partition coefficient (Wildman–Crippen LogP) is 4.79. The average molecular weight is 379 g/mol. The molecule has 2 fully saturated rings. The van der Waals surface area contributed by atoms with Crippen molar-refractivity contribution in [2.24, 2.45) is 5.92 Å². The minimum Gasteiger partial charge on any atom is -0.379 e. The van der Waals surface area contributed by atoms with Crippen LogP contribution >= 0.6 is 11.6 Å². The van der Waals surface area contributed by atoms with Gasteiger partial charge in [0.15, 0.2) is 0 Å². The minimum absolute atomic E-state index is 0.131. The Bertz CT molecular complexity index is 556. The van der Waals surface area contributed by atoms with Gasteiger partial charge >= 0.3 is 0 Å². The molecule has 1 saturated carbocycles. The zero-order valence-corrected chi connectivity index (χ0v) is 17.5. The van der Waals surface area contributed by atoms with Crippen LogP contribution in [0.25, 0.3) is 0 Å². The lowest BCUT2D eigenvalue weighted by atomic mass is 9.67. The average Bonchev–Trinajstić information content (AvgIpc) is 2.67. The van der Waals surface area contributed by atoms with Crippen molar-refractivity contribution in [3.63, 3.8) is 0 Å². The highest BCUT2D eigenvalue weighted by atomic mass is 35.5. The van der Waals surface area contributed by atoms with E-state index in [4.69, 9.17) is 16.3 Å². The Morgan fingerprint density at radius 1 is 1.19 bits per heavy atom. The molecule has 3 unspecified atom stereocenters. The fraction of sp³-hybridized carbons (Fsp3) is 0.727. The number of morpholine rings is 1. The van der Waals surface area contributed by atoms with Gasteiger partial charge in [-0.1, -0.05) is 43.5 Å². The van der Waals surface area contributed by atoms with Crippen molar-refractivity contribution in [1.82, 2.24) is 9.80 Å². The van der Waals surface area contributed by atoms with Gasteiger partial charge in [-0.2, -0.15) is 0 Å². The summed E-state index contributed by atoms with van der Waals surface area (Å²) in [5.41, 5.74) is 1.56. The van der Waals surface area contributed by atoms with E-state index < -0.39 is 0 Å². The number of benzene rings is 1. The van der Waals surface area contributed by atoms with Gasteiger partial charge in [-0.25, -0.2) is 0 Å². The molecule has 3 nitrogen and oxygen atoms in total. The summed E-state index contributed by atoms with van der Waals surface area (Å²) in [4.78, 5) is 5.18. The van der Waals surface area contributed by atoms with Crippen LogP contribution in [0.5, 0.6) is 0 Å². The Hall–Kier alpha value is -0.610. The van der Waals surface area contributed by atoms with Gasteiger partial charge in [0.25, 0.3) is 0 Å². The van der Waals surface area contributed by atoms with E-state index in [0.717, 1.165) is 37.2 Å². The van der Waals surface area contributed by atoms with Crippen LogP contribution in [0.15, 0.2) is 24.3 Å². The van der Waals surface area contributed by atoms with E-state index in [1.165, 1.54) is 44.1 Å². The lowest BCUT2D eigenvalue weighted by Crippen LogP contribution is -2.55. The summed E-state index contributed by atoms with van der Waals surface area (Å²) in [5, 5.41) is 0.826. The van der Waals surface area contributed by atoms with Crippen molar-refractivity contribution < 1.29 is 4.74 Å². The maximum atomic E-state index is 6.17. The van der Waals surface area contributed by atoms with Crippen LogP contribution < -0.4 is 0 Å². The van der Waals surface area contributed by atoms with E-state index in [1.54, 1.807) is 0 Å². The third-order valence-corrected chi connectivity index (χ3v) is 6.93. The molecule has 1 aliphatic carbocycles. The Balaban J connectivity index is 1.85. The summed E-state index contributed by atoms with van der Waals surface area (Å²) in [7, 11) is 4.50. The molecule has 0 N–H and O–H groups in total. The second-order valence-electron chi connectivity index (χ2n) is 8.29. The Labute approximate surface area is 164 Å². The van der Waals surface area contributed by atoms with Crippen LogP contribution in [0.3, 0.4) is 0 Å². The van der Waals surface area contributed by atoms with E-state index in [0.29, 0.717) is 6.04 Å². The summed E-state index contributed by atoms with van der Waals surface area (Å²) >= 11 is 6.17. The second-order valence-corrected chi connectivity index (χ2v) is 8.73. The molecule has 0 amide bonds. The minimum atomic E-state index is 0.131. The summed E-state index contributed by atoms with van der Waals surface area (Å²) in [6.07, 6.45) is 7.67. The maximum absolute atomic E-state index is 6.17. The van der Waals surface area contributed by atoms with E-state index in [2.05, 4.69) is 55.1 Å². The summed E-state index contributed by atoms with van der Waals surface area (Å²) in [5.74, 6) is 0.750. The predicted molar refractivity (Wildman–Crippen MR) is 110 cm³/mol. The number of rotatable bonds is 6. The summed E-state index contributed by atoms with van der Waals surface area (Å²) in [6, 6.07) is 9.31. The van der Waals surface area contributed by atoms with Crippen LogP contribution in [0.2, 0.25) is 5.02 Å². The largest absolute Gasteiger partial charge is 0.379 e. The summed E-state index contributed by atoms with van der Waals surface area (Å²) in [6.45, 7) is 6.30. The third kappa shape index (κ3) is 4.27. The van der Waals surface area contributed by atoms with Crippen molar-refractivity contribution in [1.29, 1.82) is 0 Å². The summed E-state index contributed by atoms with van der Waals surface area (Å²) < 4.78 is 5.60. The highest BCUT2D eigenvalue weighted by Crippen LogP contribution is 2.46. The van der Waals surface area contributed by atoms with Gasteiger partial charge in [0.05, 0.1) is 13.2 Å². The second kappa shape index (κ2) is 9.05. The fourth-order valence-electron chi connectivity index (χ4n) is 5.13. The molecule has 3 rings (SSSR count). The number of unbranched alkanes of at least 4 members (excludes halogenated alkanes) is 1. The van der Waals surface area contributed by atoms with Crippen LogP contribution in [-0.4, -0.2) is 56.2 Å². The van der Waals surface area contributed by atoms with E-state index >= 15 is 0 Å². The quantitative estimate of drug-likeness (QED) is 0.707. The molecule has 1 aromatic carbocycles. The van der Waals surface area contributed by atoms with Crippen molar-refractivity contribution in [2.45, 2.75) is 57.0 Å². The molecule has 146 valence electrons. The third-order valence-electron chi connectivity index (χ3n) is 6.68. The van der Waals surface area contributed by atoms with Gasteiger partial charge in [0.2, 0.25) is 0 Å². The fourth-order valence-corrected chi connectivity index (χ4v) is 5.26. The smallest absolute Gasteiger partial charge is 0.0594 e. The van der Waals surface area contributed by atoms with Gasteiger partial charge in [0.1, 0.15) is 0 Å². The molecule has 2 aliphatic rings. The first-order chi connectivity index (χ1) is 12.6. The Morgan fingerprint density at radius 3 is 2.50 bits per heavy atom. The molecule has 0 bridgehead atoms. The van der Waals surface area contributed by atoms with E-state index in [9.17, 15) is 0 Å². The van der Waals surface area contributed by atoms with Crippen LogP contribution in [0, 0.1) is 5.92 Å². The number of hydrogen-bond acceptors (Lipinski definition) is 3. The highest BCUT2D eigenvalue weighted by molar-refractivity contribution is 6.30. The maximum Gasteiger partial charge on any atom is 0.0594 e. The molecule has 0 aromatic heterocycles. The normalized spacial score (nSPS) is 30.7. The van der Waals surface area contributed by atoms with Crippen molar-refractivity contribution in [3.05, 3.63) is 34.9 Å². The number of hydrogen-bond donors (Lipinski definition) is 0. The van der Waals surface area contributed by atoms with Gasteiger partial charge in [-0.3, -0.25) is 9.80 Å². The molecule has 0 spiro atoms. The lowest BCUT2D eigenvalue weighted by Gasteiger charge is -2.52. The molecule has 3 atom stereocenters. The van der Waals surface area contributed by atoms with E-state index in [1.807, 2.05) is 0 Å². The monoisotopic (exact) mass is 378 g/mol. The van der Waals surface area contributed by atoms with Crippen LogP contribution in [0.1, 0.15) is 51.0 Å². The molecular formula is C22H35ClN2O. The molecular weight excluding hydrogens is 344 g/mol. The molecule has 1 saturated heterocycles. The highest BCUT2D eigenvalue weighted by Gasteiger charge is 2.44. The van der Waals surface area contributed by atoms with Crippen LogP contribution in [-0.2, 0) is 10.3 Å². The topological polar surface area (TPSA) is 15.7 Å². The van der Waals surface area contributed by atoms with Gasteiger partial charge < -0.3 is 4.74 Å². The zero-order valence-electron chi connectivity index (χ0n) is 16.7. The number of nitrogens with zero attached hydrogens (tertiary/aromatic N) is 2.